The van der Waals surface area contributed by atoms with Crippen molar-refractivity contribution in [3.63, 3.8) is 0 Å². The second-order valence-electron chi connectivity index (χ2n) is 3.63. The van der Waals surface area contributed by atoms with E-state index in [9.17, 15) is 4.79 Å². The van der Waals surface area contributed by atoms with E-state index in [1.54, 1.807) is 24.1 Å². The fraction of sp³-hybridized carbons (Fsp3) is 0.200. The molecule has 2 aromatic rings. The zero-order valence-corrected chi connectivity index (χ0v) is 9.29. The van der Waals surface area contributed by atoms with Crippen LogP contribution in [0.4, 0.5) is 11.6 Å². The molecule has 0 aliphatic carbocycles. The van der Waals surface area contributed by atoms with Crippen LogP contribution in [-0.4, -0.2) is 34.5 Å². The Hall–Kier alpha value is -2.44. The fourth-order valence-electron chi connectivity index (χ4n) is 1.56. The second kappa shape index (κ2) is 4.20. The van der Waals surface area contributed by atoms with Gasteiger partial charge in [0.25, 0.3) is 0 Å². The van der Waals surface area contributed by atoms with Gasteiger partial charge < -0.3 is 16.4 Å². The lowest BCUT2D eigenvalue weighted by atomic mass is 10.3. The van der Waals surface area contributed by atoms with Crippen molar-refractivity contribution in [3.8, 4) is 0 Å². The molecular formula is C10H12N6O. The zero-order valence-electron chi connectivity index (χ0n) is 9.29. The molecule has 0 radical (unpaired) electrons. The lowest BCUT2D eigenvalue weighted by molar-refractivity contribution is -0.116. The van der Waals surface area contributed by atoms with E-state index in [0.717, 1.165) is 5.39 Å². The molecule has 0 unspecified atom stereocenters. The van der Waals surface area contributed by atoms with Gasteiger partial charge >= 0.3 is 0 Å². The van der Waals surface area contributed by atoms with Gasteiger partial charge in [-0.2, -0.15) is 0 Å². The van der Waals surface area contributed by atoms with Gasteiger partial charge in [0.1, 0.15) is 18.0 Å². The first-order valence-corrected chi connectivity index (χ1v) is 4.94. The van der Waals surface area contributed by atoms with E-state index >= 15 is 0 Å². The van der Waals surface area contributed by atoms with Crippen molar-refractivity contribution >= 4 is 28.6 Å². The molecule has 0 bridgehead atoms. The first kappa shape index (κ1) is 11.1. The van der Waals surface area contributed by atoms with Gasteiger partial charge in [-0.25, -0.2) is 15.0 Å². The molecule has 0 fully saturated rings. The van der Waals surface area contributed by atoms with Crippen molar-refractivity contribution in [2.75, 3.05) is 24.2 Å². The van der Waals surface area contributed by atoms with E-state index < -0.39 is 5.91 Å². The van der Waals surface area contributed by atoms with Crippen molar-refractivity contribution in [2.45, 2.75) is 0 Å². The van der Waals surface area contributed by atoms with Gasteiger partial charge in [0.15, 0.2) is 5.65 Å². The summed E-state index contributed by atoms with van der Waals surface area (Å²) in [5, 5.41) is 0.727. The molecule has 0 aliphatic heterocycles. The number of carbonyl (C=O) groups is 1. The summed E-state index contributed by atoms with van der Waals surface area (Å²) in [7, 11) is 1.73. The summed E-state index contributed by atoms with van der Waals surface area (Å²) in [6.07, 6.45) is 1.38. The molecule has 7 heteroatoms. The molecule has 17 heavy (non-hydrogen) atoms. The number of aromatic nitrogens is 3. The molecule has 0 saturated heterocycles. The fourth-order valence-corrected chi connectivity index (χ4v) is 1.56. The number of amides is 1. The van der Waals surface area contributed by atoms with Crippen molar-refractivity contribution in [2.24, 2.45) is 5.73 Å². The molecular weight excluding hydrogens is 220 g/mol. The van der Waals surface area contributed by atoms with Gasteiger partial charge in [-0.3, -0.25) is 4.79 Å². The number of primary amides is 1. The Balaban J connectivity index is 2.50. The Morgan fingerprint density at radius 1 is 1.41 bits per heavy atom. The Labute approximate surface area is 97.5 Å². The smallest absolute Gasteiger partial charge is 0.236 e. The summed E-state index contributed by atoms with van der Waals surface area (Å²) in [5.74, 6) is 0.559. The SMILES string of the molecule is CN(CC(N)=O)c1ncnc2nc(N)ccc12. The molecule has 0 aromatic carbocycles. The average Bonchev–Trinajstić information content (AvgIpc) is 2.26. The number of anilines is 2. The first-order chi connectivity index (χ1) is 8.08. The van der Waals surface area contributed by atoms with Gasteiger partial charge in [0.2, 0.25) is 5.91 Å². The van der Waals surface area contributed by atoms with E-state index in [4.69, 9.17) is 11.5 Å². The summed E-state index contributed by atoms with van der Waals surface area (Å²) in [6, 6.07) is 3.43. The zero-order chi connectivity index (χ0) is 12.4. The highest BCUT2D eigenvalue weighted by molar-refractivity contribution is 5.89. The number of carbonyl (C=O) groups excluding carboxylic acids is 1. The average molecular weight is 232 g/mol. The van der Waals surface area contributed by atoms with Crippen molar-refractivity contribution in [1.29, 1.82) is 0 Å². The molecule has 1 amide bonds. The summed E-state index contributed by atoms with van der Waals surface area (Å²) in [5.41, 5.74) is 11.2. The molecule has 0 atom stereocenters. The molecule has 0 aliphatic rings. The van der Waals surface area contributed by atoms with E-state index in [1.807, 2.05) is 0 Å². The Kier molecular flexibility index (Phi) is 2.73. The van der Waals surface area contributed by atoms with Crippen LogP contribution in [0.5, 0.6) is 0 Å². The quantitative estimate of drug-likeness (QED) is 0.740. The number of nitrogens with zero attached hydrogens (tertiary/aromatic N) is 4. The lowest BCUT2D eigenvalue weighted by Crippen LogP contribution is -2.31. The van der Waals surface area contributed by atoms with Crippen LogP contribution < -0.4 is 16.4 Å². The molecule has 2 rings (SSSR count). The van der Waals surface area contributed by atoms with Gasteiger partial charge in [-0.05, 0) is 12.1 Å². The third kappa shape index (κ3) is 2.22. The van der Waals surface area contributed by atoms with Crippen LogP contribution >= 0.6 is 0 Å². The number of nitrogen functional groups attached to an aromatic ring is 1. The highest BCUT2D eigenvalue weighted by Gasteiger charge is 2.11. The second-order valence-corrected chi connectivity index (χ2v) is 3.63. The Morgan fingerprint density at radius 3 is 2.88 bits per heavy atom. The molecule has 2 aromatic heterocycles. The number of pyridine rings is 1. The molecule has 7 nitrogen and oxygen atoms in total. The molecule has 0 saturated carbocycles. The van der Waals surface area contributed by atoms with Crippen LogP contribution in [0, 0.1) is 0 Å². The van der Waals surface area contributed by atoms with Gasteiger partial charge in [-0.1, -0.05) is 0 Å². The maximum atomic E-state index is 10.9. The summed E-state index contributed by atoms with van der Waals surface area (Å²) in [6.45, 7) is 0.0799. The van der Waals surface area contributed by atoms with Crippen LogP contribution in [0.2, 0.25) is 0 Å². The number of nitrogens with two attached hydrogens (primary N) is 2. The third-order valence-corrected chi connectivity index (χ3v) is 2.25. The van der Waals surface area contributed by atoms with Crippen molar-refractivity contribution in [1.82, 2.24) is 15.0 Å². The van der Waals surface area contributed by atoms with Crippen LogP contribution in [0.15, 0.2) is 18.5 Å². The van der Waals surface area contributed by atoms with Crippen molar-refractivity contribution < 1.29 is 4.79 Å². The van der Waals surface area contributed by atoms with E-state index in [2.05, 4.69) is 15.0 Å². The van der Waals surface area contributed by atoms with Crippen LogP contribution in [0.3, 0.4) is 0 Å². The third-order valence-electron chi connectivity index (χ3n) is 2.25. The molecule has 0 spiro atoms. The predicted molar refractivity (Wildman–Crippen MR) is 64.2 cm³/mol. The van der Waals surface area contributed by atoms with E-state index in [0.29, 0.717) is 17.3 Å². The first-order valence-electron chi connectivity index (χ1n) is 4.94. The monoisotopic (exact) mass is 232 g/mol. The van der Waals surface area contributed by atoms with Crippen molar-refractivity contribution in [3.05, 3.63) is 18.5 Å². The molecule has 88 valence electrons. The van der Waals surface area contributed by atoms with Crippen LogP contribution in [0.25, 0.3) is 11.0 Å². The summed E-state index contributed by atoms with van der Waals surface area (Å²) in [4.78, 5) is 24.7. The standard InChI is InChI=1S/C10H12N6O/c1-16(4-8(12)17)10-6-2-3-7(11)15-9(6)13-5-14-10/h2-3,5H,4H2,1H3,(H2,12,17)(H2,11,13,14,15). The highest BCUT2D eigenvalue weighted by Crippen LogP contribution is 2.20. The molecule has 2 heterocycles. The number of rotatable bonds is 3. The number of likely N-dealkylation sites (N-methyl/N-ethyl adjacent to an activating group) is 1. The maximum Gasteiger partial charge on any atom is 0.236 e. The van der Waals surface area contributed by atoms with Gasteiger partial charge in [0.05, 0.1) is 11.9 Å². The van der Waals surface area contributed by atoms with E-state index in [1.165, 1.54) is 6.33 Å². The number of hydrogen-bond acceptors (Lipinski definition) is 6. The largest absolute Gasteiger partial charge is 0.384 e. The highest BCUT2D eigenvalue weighted by atomic mass is 16.1. The minimum absolute atomic E-state index is 0.0799. The van der Waals surface area contributed by atoms with Gasteiger partial charge in [-0.15, -0.1) is 0 Å². The lowest BCUT2D eigenvalue weighted by Gasteiger charge is -2.17. The topological polar surface area (TPSA) is 111 Å². The van der Waals surface area contributed by atoms with E-state index in [-0.39, 0.29) is 6.54 Å². The maximum absolute atomic E-state index is 10.9. The minimum atomic E-state index is -0.428. The van der Waals surface area contributed by atoms with Gasteiger partial charge in [0, 0.05) is 7.05 Å². The Bertz CT molecular complexity index is 570. The normalized spacial score (nSPS) is 10.4. The number of hydrogen-bond donors (Lipinski definition) is 2. The minimum Gasteiger partial charge on any atom is -0.384 e. The molecule has 4 N–H and O–H groups in total. The summed E-state index contributed by atoms with van der Waals surface area (Å²) >= 11 is 0. The Morgan fingerprint density at radius 2 is 2.18 bits per heavy atom. The summed E-state index contributed by atoms with van der Waals surface area (Å²) < 4.78 is 0. The number of fused-ring (bicyclic) bond motifs is 1. The predicted octanol–water partition coefficient (Wildman–Crippen LogP) is -0.472. The van der Waals surface area contributed by atoms with Crippen LogP contribution in [0.1, 0.15) is 0 Å². The van der Waals surface area contributed by atoms with Crippen LogP contribution in [-0.2, 0) is 4.79 Å².